The second-order valence-electron chi connectivity index (χ2n) is 5.97. The van der Waals surface area contributed by atoms with E-state index in [1.165, 1.54) is 70.6 Å². The summed E-state index contributed by atoms with van der Waals surface area (Å²) in [6, 6.07) is 0.354. The molecule has 0 saturated heterocycles. The summed E-state index contributed by atoms with van der Waals surface area (Å²) >= 11 is 0. The van der Waals surface area contributed by atoms with Crippen LogP contribution in [0.2, 0.25) is 0 Å². The molecular weight excluding hydrogens is 246 g/mol. The van der Waals surface area contributed by atoms with Crippen molar-refractivity contribution in [2.75, 3.05) is 0 Å². The highest BCUT2D eigenvalue weighted by Gasteiger charge is 2.07. The summed E-state index contributed by atoms with van der Waals surface area (Å²) in [5.41, 5.74) is 11.1. The van der Waals surface area contributed by atoms with Crippen LogP contribution in [0.3, 0.4) is 0 Å². The van der Waals surface area contributed by atoms with E-state index in [9.17, 15) is 0 Å². The number of nitrogens with two attached hydrogens (primary N) is 2. The molecule has 1 atom stereocenters. The number of hydrogen-bond acceptors (Lipinski definition) is 1. The predicted octanol–water partition coefficient (Wildman–Crippen LogP) is 4.74. The van der Waals surface area contributed by atoms with E-state index < -0.39 is 0 Å². The third kappa shape index (κ3) is 13.7. The first-order valence-corrected chi connectivity index (χ1v) is 8.79. The Morgan fingerprint density at radius 1 is 0.700 bits per heavy atom. The van der Waals surface area contributed by atoms with Gasteiger partial charge in [0, 0.05) is 0 Å². The van der Waals surface area contributed by atoms with Gasteiger partial charge in [0.15, 0.2) is 5.96 Å². The Kier molecular flexibility index (Phi) is 14.1. The Morgan fingerprint density at radius 3 is 1.50 bits per heavy atom. The molecule has 4 N–H and O–H groups in total. The molecule has 0 amide bonds. The number of guanidine groups is 1. The predicted molar refractivity (Wildman–Crippen MR) is 91.0 cm³/mol. The Morgan fingerprint density at radius 2 is 1.10 bits per heavy atom. The van der Waals surface area contributed by atoms with Gasteiger partial charge in [-0.1, -0.05) is 84.5 Å². The zero-order valence-corrected chi connectivity index (χ0v) is 13.9. The number of unbranched alkanes of at least 4 members (excludes halogenated alkanes) is 9. The zero-order chi connectivity index (χ0) is 15.1. The third-order valence-electron chi connectivity index (χ3n) is 3.86. The average molecular weight is 284 g/mol. The monoisotopic (exact) mass is 283 g/mol. The van der Waals surface area contributed by atoms with Gasteiger partial charge in [0.1, 0.15) is 0 Å². The van der Waals surface area contributed by atoms with Crippen molar-refractivity contribution in [1.29, 1.82) is 0 Å². The lowest BCUT2D eigenvalue weighted by Crippen LogP contribution is -2.25. The largest absolute Gasteiger partial charge is 0.370 e. The highest BCUT2D eigenvalue weighted by molar-refractivity contribution is 5.75. The highest BCUT2D eigenvalue weighted by Crippen LogP contribution is 2.16. The van der Waals surface area contributed by atoms with Gasteiger partial charge in [0.25, 0.3) is 0 Å². The molecule has 3 heteroatoms. The van der Waals surface area contributed by atoms with Crippen molar-refractivity contribution in [3.63, 3.8) is 0 Å². The first kappa shape index (κ1) is 19.3. The summed E-state index contributed by atoms with van der Waals surface area (Å²) in [6.45, 7) is 4.51. The Balaban J connectivity index is 3.71. The van der Waals surface area contributed by atoms with Crippen molar-refractivity contribution < 1.29 is 0 Å². The van der Waals surface area contributed by atoms with Gasteiger partial charge in [-0.05, 0) is 12.8 Å². The molecule has 0 aliphatic rings. The fourth-order valence-corrected chi connectivity index (χ4v) is 2.63. The van der Waals surface area contributed by atoms with E-state index in [0.717, 1.165) is 12.8 Å². The average Bonchev–Trinajstić information content (AvgIpc) is 2.41. The highest BCUT2D eigenvalue weighted by atomic mass is 15.0. The lowest BCUT2D eigenvalue weighted by atomic mass is 10.0. The number of hydrogen-bond donors (Lipinski definition) is 2. The van der Waals surface area contributed by atoms with Crippen molar-refractivity contribution in [3.05, 3.63) is 0 Å². The maximum Gasteiger partial charge on any atom is 0.186 e. The summed E-state index contributed by atoms with van der Waals surface area (Å²) in [6.07, 6.45) is 16.9. The van der Waals surface area contributed by atoms with Crippen LogP contribution in [0.4, 0.5) is 0 Å². The molecule has 0 saturated carbocycles. The first-order chi connectivity index (χ1) is 9.70. The first-order valence-electron chi connectivity index (χ1n) is 8.79. The molecule has 1 unspecified atom stereocenters. The van der Waals surface area contributed by atoms with Gasteiger partial charge < -0.3 is 11.5 Å². The van der Waals surface area contributed by atoms with E-state index in [1.807, 2.05) is 0 Å². The lowest BCUT2D eigenvalue weighted by Gasteiger charge is -2.12. The summed E-state index contributed by atoms with van der Waals surface area (Å²) in [5, 5.41) is 0. The molecular formula is C17H37N3. The fourth-order valence-electron chi connectivity index (χ4n) is 2.63. The van der Waals surface area contributed by atoms with E-state index >= 15 is 0 Å². The van der Waals surface area contributed by atoms with Crippen LogP contribution >= 0.6 is 0 Å². The van der Waals surface area contributed by atoms with Gasteiger partial charge in [-0.15, -0.1) is 0 Å². The fraction of sp³-hybridized carbons (Fsp3) is 0.941. The van der Waals surface area contributed by atoms with Gasteiger partial charge in [-0.25, -0.2) is 0 Å². The van der Waals surface area contributed by atoms with E-state index in [2.05, 4.69) is 18.8 Å². The second kappa shape index (κ2) is 14.7. The standard InChI is InChI=1S/C17H37N3/c1-3-5-7-9-11-13-15-16(20-17(18)19)14-12-10-8-6-4-2/h16H,3-15H2,1-2H3,(H4,18,19,20). The molecule has 0 rings (SSSR count). The summed E-state index contributed by atoms with van der Waals surface area (Å²) in [4.78, 5) is 4.40. The molecule has 3 nitrogen and oxygen atoms in total. The summed E-state index contributed by atoms with van der Waals surface area (Å²) in [7, 11) is 0. The van der Waals surface area contributed by atoms with Crippen molar-refractivity contribution in [2.45, 2.75) is 103 Å². The molecule has 120 valence electrons. The molecule has 0 fully saturated rings. The number of nitrogens with zero attached hydrogens (tertiary/aromatic N) is 1. The topological polar surface area (TPSA) is 64.4 Å². The number of aliphatic imine (C=N–C) groups is 1. The van der Waals surface area contributed by atoms with Crippen molar-refractivity contribution in [2.24, 2.45) is 16.5 Å². The van der Waals surface area contributed by atoms with Crippen LogP contribution in [-0.2, 0) is 0 Å². The van der Waals surface area contributed by atoms with Gasteiger partial charge in [-0.2, -0.15) is 0 Å². The van der Waals surface area contributed by atoms with Crippen LogP contribution in [0.15, 0.2) is 4.99 Å². The molecule has 0 aliphatic heterocycles. The van der Waals surface area contributed by atoms with Crippen LogP contribution in [0, 0.1) is 0 Å². The molecule has 0 aromatic rings. The number of rotatable bonds is 14. The quantitative estimate of drug-likeness (QED) is 0.275. The van der Waals surface area contributed by atoms with Crippen molar-refractivity contribution in [1.82, 2.24) is 0 Å². The van der Waals surface area contributed by atoms with E-state index in [-0.39, 0.29) is 5.96 Å². The minimum Gasteiger partial charge on any atom is -0.370 e. The molecule has 0 spiro atoms. The molecule has 0 aliphatic carbocycles. The minimum atomic E-state index is 0.259. The second-order valence-corrected chi connectivity index (χ2v) is 5.97. The van der Waals surface area contributed by atoms with E-state index in [4.69, 9.17) is 11.5 Å². The zero-order valence-electron chi connectivity index (χ0n) is 13.9. The lowest BCUT2D eigenvalue weighted by molar-refractivity contribution is 0.487. The molecule has 0 aromatic heterocycles. The Hall–Kier alpha value is -0.730. The van der Waals surface area contributed by atoms with Crippen LogP contribution in [0.5, 0.6) is 0 Å². The summed E-state index contributed by atoms with van der Waals surface area (Å²) in [5.74, 6) is 0.259. The van der Waals surface area contributed by atoms with Crippen LogP contribution in [-0.4, -0.2) is 12.0 Å². The molecule has 0 aromatic carbocycles. The van der Waals surface area contributed by atoms with Crippen molar-refractivity contribution in [3.8, 4) is 0 Å². The molecule has 20 heavy (non-hydrogen) atoms. The van der Waals surface area contributed by atoms with Crippen molar-refractivity contribution >= 4 is 5.96 Å². The molecule has 0 heterocycles. The van der Waals surface area contributed by atoms with Gasteiger partial charge in [0.05, 0.1) is 6.04 Å². The maximum absolute atomic E-state index is 5.54. The van der Waals surface area contributed by atoms with E-state index in [0.29, 0.717) is 6.04 Å². The van der Waals surface area contributed by atoms with E-state index in [1.54, 1.807) is 0 Å². The SMILES string of the molecule is CCCCCCCCC(CCCCCCC)N=C(N)N. The minimum absolute atomic E-state index is 0.259. The van der Waals surface area contributed by atoms with Crippen LogP contribution in [0.25, 0.3) is 0 Å². The molecule has 0 radical (unpaired) electrons. The normalized spacial score (nSPS) is 12.3. The molecule has 0 bridgehead atoms. The summed E-state index contributed by atoms with van der Waals surface area (Å²) < 4.78 is 0. The van der Waals surface area contributed by atoms with Gasteiger partial charge in [0.2, 0.25) is 0 Å². The van der Waals surface area contributed by atoms with Crippen LogP contribution < -0.4 is 11.5 Å². The third-order valence-corrected chi connectivity index (χ3v) is 3.86. The van der Waals surface area contributed by atoms with Gasteiger partial charge in [-0.3, -0.25) is 4.99 Å². The van der Waals surface area contributed by atoms with Gasteiger partial charge >= 0.3 is 0 Å². The Bertz CT molecular complexity index is 222. The smallest absolute Gasteiger partial charge is 0.186 e. The maximum atomic E-state index is 5.54. The van der Waals surface area contributed by atoms with Crippen LogP contribution in [0.1, 0.15) is 97.3 Å². The Labute approximate surface area is 126 Å².